The van der Waals surface area contributed by atoms with Gasteiger partial charge in [-0.1, -0.05) is 30.3 Å². The van der Waals surface area contributed by atoms with E-state index in [4.69, 9.17) is 5.73 Å². The molecule has 28 heavy (non-hydrogen) atoms. The van der Waals surface area contributed by atoms with Crippen LogP contribution in [0.15, 0.2) is 60.7 Å². The number of fused-ring (bicyclic) bond motifs is 1. The maximum absolute atomic E-state index is 13.3. The number of halogens is 2. The topological polar surface area (TPSA) is 80.0 Å². The fourth-order valence-corrected chi connectivity index (χ4v) is 3.37. The van der Waals surface area contributed by atoms with Gasteiger partial charge in [0.25, 0.3) is 5.91 Å². The lowest BCUT2D eigenvalue weighted by molar-refractivity contribution is 0.0933. The number of nitrogens with two attached hydrogens (primary N) is 1. The van der Waals surface area contributed by atoms with Gasteiger partial charge < -0.3 is 16.4 Å². The summed E-state index contributed by atoms with van der Waals surface area (Å²) >= 11 is 0. The van der Waals surface area contributed by atoms with Crippen molar-refractivity contribution in [3.63, 3.8) is 0 Å². The number of hydrogen-bond donors (Lipinski definition) is 3. The molecule has 144 valence electrons. The average Bonchev–Trinajstić information content (AvgIpc) is 3.03. The summed E-state index contributed by atoms with van der Waals surface area (Å²) in [5, 5.41) is 6.00. The van der Waals surface area contributed by atoms with Crippen molar-refractivity contribution in [1.29, 1.82) is 0 Å². The minimum absolute atomic E-state index is 0. The maximum atomic E-state index is 13.3. The smallest absolute Gasteiger partial charge is 0.270 e. The Labute approximate surface area is 168 Å². The highest BCUT2D eigenvalue weighted by Crippen LogP contribution is 2.23. The van der Waals surface area contributed by atoms with E-state index < -0.39 is 0 Å². The number of nitrogens with zero attached hydrogens (tertiary/aromatic N) is 1. The van der Waals surface area contributed by atoms with E-state index in [0.717, 1.165) is 12.8 Å². The summed E-state index contributed by atoms with van der Waals surface area (Å²) in [5.74, 6) is -0.245. The highest BCUT2D eigenvalue weighted by Gasteiger charge is 2.23. The maximum Gasteiger partial charge on any atom is 0.270 e. The number of rotatable bonds is 4. The molecule has 4 rings (SSSR count). The number of nitrogen functional groups attached to an aromatic ring is 1. The Morgan fingerprint density at radius 3 is 2.43 bits per heavy atom. The largest absolute Gasteiger partial charge is 0.399 e. The summed E-state index contributed by atoms with van der Waals surface area (Å²) in [7, 11) is 0. The van der Waals surface area contributed by atoms with Gasteiger partial charge in [0.15, 0.2) is 0 Å². The number of amides is 1. The van der Waals surface area contributed by atoms with Crippen molar-refractivity contribution >= 4 is 35.5 Å². The molecule has 1 aromatic heterocycles. The monoisotopic (exact) mass is 398 g/mol. The quantitative estimate of drug-likeness (QED) is 0.623. The summed E-state index contributed by atoms with van der Waals surface area (Å²) in [5.41, 5.74) is 9.61. The van der Waals surface area contributed by atoms with E-state index in [9.17, 15) is 9.18 Å². The van der Waals surface area contributed by atoms with Crippen LogP contribution in [0.5, 0.6) is 0 Å². The van der Waals surface area contributed by atoms with Crippen molar-refractivity contribution in [2.24, 2.45) is 0 Å². The predicted octanol–water partition coefficient (Wildman–Crippen LogP) is 3.87. The van der Waals surface area contributed by atoms with Crippen LogP contribution in [0, 0.1) is 5.82 Å². The molecule has 7 heteroatoms. The highest BCUT2D eigenvalue weighted by atomic mass is 35.5. The third-order valence-corrected chi connectivity index (χ3v) is 4.56. The summed E-state index contributed by atoms with van der Waals surface area (Å²) in [6.07, 6.45) is 1.61. The lowest BCUT2D eigenvalue weighted by atomic mass is 10.1. The molecule has 0 atom stereocenters. The number of hydrogen-bond acceptors (Lipinski definition) is 4. The number of carbonyl (C=O) groups is 1. The standard InChI is InChI=1S/C21H19FN4O.ClH/c22-15-6-3-7-17(10-15)24-20-12-16(23)11-19(26-20)21(27)25-18-8-13-4-1-2-5-14(13)9-18;/h1-7,10-12,18H,8-9H2,(H,25,27)(H3,23,24,26);1H. The molecule has 1 aliphatic carbocycles. The minimum atomic E-state index is -0.359. The van der Waals surface area contributed by atoms with Gasteiger partial charge in [0.1, 0.15) is 17.3 Å². The molecule has 0 radical (unpaired) electrons. The number of aromatic nitrogens is 1. The first-order valence-corrected chi connectivity index (χ1v) is 8.74. The second-order valence-corrected chi connectivity index (χ2v) is 6.65. The Morgan fingerprint density at radius 1 is 1.04 bits per heavy atom. The van der Waals surface area contributed by atoms with Gasteiger partial charge >= 0.3 is 0 Å². The Morgan fingerprint density at radius 2 is 1.75 bits per heavy atom. The van der Waals surface area contributed by atoms with Crippen LogP contribution in [0.1, 0.15) is 21.6 Å². The Bertz CT molecular complexity index is 986. The van der Waals surface area contributed by atoms with Crippen LogP contribution >= 0.6 is 12.4 Å². The Kier molecular flexibility index (Phi) is 5.80. The van der Waals surface area contributed by atoms with Gasteiger partial charge in [-0.05, 0) is 48.2 Å². The predicted molar refractivity (Wildman–Crippen MR) is 111 cm³/mol. The highest BCUT2D eigenvalue weighted by molar-refractivity contribution is 5.94. The Balaban J connectivity index is 0.00000225. The number of pyridine rings is 1. The van der Waals surface area contributed by atoms with Crippen LogP contribution in [0.4, 0.5) is 21.6 Å². The summed E-state index contributed by atoms with van der Waals surface area (Å²) in [6, 6.07) is 17.4. The molecule has 0 fully saturated rings. The third-order valence-electron chi connectivity index (χ3n) is 4.56. The number of benzene rings is 2. The van der Waals surface area contributed by atoms with E-state index in [1.807, 2.05) is 12.1 Å². The first-order chi connectivity index (χ1) is 13.1. The normalized spacial score (nSPS) is 12.8. The fraction of sp³-hybridized carbons (Fsp3) is 0.143. The lowest BCUT2D eigenvalue weighted by Crippen LogP contribution is -2.35. The van der Waals surface area contributed by atoms with Crippen LogP contribution in [0.25, 0.3) is 0 Å². The zero-order valence-corrected chi connectivity index (χ0v) is 15.8. The molecule has 1 aliphatic rings. The van der Waals surface area contributed by atoms with Crippen molar-refractivity contribution in [2.75, 3.05) is 11.1 Å². The molecule has 2 aromatic carbocycles. The minimum Gasteiger partial charge on any atom is -0.399 e. The van der Waals surface area contributed by atoms with Crippen LogP contribution in [0.3, 0.4) is 0 Å². The van der Waals surface area contributed by atoms with Gasteiger partial charge in [0.2, 0.25) is 0 Å². The third kappa shape index (κ3) is 4.40. The molecule has 0 aliphatic heterocycles. The van der Waals surface area contributed by atoms with Gasteiger partial charge in [0.05, 0.1) is 0 Å². The molecule has 0 saturated carbocycles. The fourth-order valence-electron chi connectivity index (χ4n) is 3.37. The van der Waals surface area contributed by atoms with Crippen molar-refractivity contribution in [3.8, 4) is 0 Å². The molecule has 0 unspecified atom stereocenters. The molecule has 3 aromatic rings. The number of nitrogens with one attached hydrogen (secondary N) is 2. The first-order valence-electron chi connectivity index (χ1n) is 8.74. The van der Waals surface area contributed by atoms with E-state index >= 15 is 0 Å². The van der Waals surface area contributed by atoms with Crippen molar-refractivity contribution < 1.29 is 9.18 Å². The molecule has 1 amide bonds. The van der Waals surface area contributed by atoms with Crippen molar-refractivity contribution in [1.82, 2.24) is 10.3 Å². The number of anilines is 3. The van der Waals surface area contributed by atoms with Crippen LogP contribution in [0.2, 0.25) is 0 Å². The summed E-state index contributed by atoms with van der Waals surface area (Å²) < 4.78 is 13.3. The SMILES string of the molecule is Cl.Nc1cc(Nc2cccc(F)c2)nc(C(=O)NC2Cc3ccccc3C2)c1. The zero-order valence-electron chi connectivity index (χ0n) is 15.0. The van der Waals surface area contributed by atoms with Crippen LogP contribution in [-0.4, -0.2) is 16.9 Å². The van der Waals surface area contributed by atoms with Gasteiger partial charge in [-0.25, -0.2) is 9.37 Å². The molecule has 1 heterocycles. The Hall–Kier alpha value is -3.12. The van der Waals surface area contributed by atoms with Crippen molar-refractivity contribution in [2.45, 2.75) is 18.9 Å². The van der Waals surface area contributed by atoms with E-state index in [0.29, 0.717) is 17.2 Å². The lowest BCUT2D eigenvalue weighted by Gasteiger charge is -2.13. The first kappa shape index (κ1) is 19.6. The second kappa shape index (κ2) is 8.27. The zero-order chi connectivity index (χ0) is 18.8. The van der Waals surface area contributed by atoms with Crippen LogP contribution < -0.4 is 16.4 Å². The second-order valence-electron chi connectivity index (χ2n) is 6.65. The van der Waals surface area contributed by atoms with Gasteiger partial charge in [-0.2, -0.15) is 0 Å². The van der Waals surface area contributed by atoms with Gasteiger partial charge in [0, 0.05) is 23.5 Å². The number of carbonyl (C=O) groups excluding carboxylic acids is 1. The molecule has 5 nitrogen and oxygen atoms in total. The molecule has 4 N–H and O–H groups in total. The molecule has 0 bridgehead atoms. The van der Waals surface area contributed by atoms with E-state index in [-0.39, 0.29) is 35.9 Å². The van der Waals surface area contributed by atoms with Gasteiger partial charge in [-0.3, -0.25) is 4.79 Å². The van der Waals surface area contributed by atoms with E-state index in [2.05, 4.69) is 27.8 Å². The van der Waals surface area contributed by atoms with Gasteiger partial charge in [-0.15, -0.1) is 12.4 Å². The van der Waals surface area contributed by atoms with E-state index in [1.54, 1.807) is 18.2 Å². The summed E-state index contributed by atoms with van der Waals surface area (Å²) in [6.45, 7) is 0. The molecule has 0 saturated heterocycles. The van der Waals surface area contributed by atoms with E-state index in [1.165, 1.54) is 29.3 Å². The summed E-state index contributed by atoms with van der Waals surface area (Å²) in [4.78, 5) is 17.0. The molecular formula is C21H20ClFN4O. The van der Waals surface area contributed by atoms with Crippen molar-refractivity contribution in [3.05, 3.63) is 83.3 Å². The molecule has 0 spiro atoms. The van der Waals surface area contributed by atoms with Crippen LogP contribution in [-0.2, 0) is 12.8 Å². The average molecular weight is 399 g/mol. The molecular weight excluding hydrogens is 379 g/mol.